The van der Waals surface area contributed by atoms with Crippen molar-refractivity contribution < 1.29 is 14.6 Å². The van der Waals surface area contributed by atoms with Gasteiger partial charge in [0.05, 0.1) is 11.8 Å². The minimum atomic E-state index is -0.651. The van der Waals surface area contributed by atoms with E-state index in [1.807, 2.05) is 13.8 Å². The molecular weight excluding hydrogens is 308 g/mol. The van der Waals surface area contributed by atoms with Gasteiger partial charge in [-0.3, -0.25) is 9.59 Å². The number of fused-ring (bicyclic) bond motifs is 1. The first kappa shape index (κ1) is 16.3. The van der Waals surface area contributed by atoms with Crippen molar-refractivity contribution in [3.8, 4) is 5.75 Å². The average Bonchev–Trinajstić information content (AvgIpc) is 2.50. The molecule has 126 valence electrons. The lowest BCUT2D eigenvalue weighted by molar-refractivity contribution is 0.0121. The van der Waals surface area contributed by atoms with E-state index in [4.69, 9.17) is 4.74 Å². The number of anilines is 1. The lowest BCUT2D eigenvalue weighted by Crippen LogP contribution is -2.35. The molecule has 0 aliphatic carbocycles. The Morgan fingerprint density at radius 1 is 1.29 bits per heavy atom. The Labute approximate surface area is 139 Å². The number of hydrogen-bond donors (Lipinski definition) is 2. The molecule has 1 unspecified atom stereocenters. The predicted molar refractivity (Wildman–Crippen MR) is 90.4 cm³/mol. The van der Waals surface area contributed by atoms with E-state index in [1.165, 1.54) is 10.6 Å². The first-order valence-corrected chi connectivity index (χ1v) is 7.76. The van der Waals surface area contributed by atoms with Crippen molar-refractivity contribution in [2.45, 2.75) is 32.0 Å². The third kappa shape index (κ3) is 2.92. The van der Waals surface area contributed by atoms with Crippen LogP contribution in [-0.2, 0) is 7.05 Å². The second kappa shape index (κ2) is 5.79. The van der Waals surface area contributed by atoms with Crippen molar-refractivity contribution in [2.75, 3.05) is 5.32 Å². The fraction of sp³-hybridized carbons (Fsp3) is 0.333. The van der Waals surface area contributed by atoms with E-state index >= 15 is 0 Å². The van der Waals surface area contributed by atoms with Gasteiger partial charge in [-0.25, -0.2) is 0 Å². The maximum Gasteiger partial charge on any atom is 0.272 e. The molecule has 0 fully saturated rings. The third-order valence-corrected chi connectivity index (χ3v) is 4.13. The van der Waals surface area contributed by atoms with Crippen LogP contribution in [0.15, 0.2) is 41.2 Å². The van der Waals surface area contributed by atoms with Crippen LogP contribution in [0.2, 0.25) is 0 Å². The smallest absolute Gasteiger partial charge is 0.272 e. The Bertz CT molecular complexity index is 854. The highest BCUT2D eigenvalue weighted by molar-refractivity contribution is 6.04. The van der Waals surface area contributed by atoms with E-state index in [-0.39, 0.29) is 11.3 Å². The molecule has 24 heavy (non-hydrogen) atoms. The van der Waals surface area contributed by atoms with Gasteiger partial charge in [0.15, 0.2) is 0 Å². The van der Waals surface area contributed by atoms with Crippen molar-refractivity contribution in [2.24, 2.45) is 7.05 Å². The van der Waals surface area contributed by atoms with Gasteiger partial charge in [-0.05, 0) is 26.0 Å². The molecule has 0 bridgehead atoms. The summed E-state index contributed by atoms with van der Waals surface area (Å²) in [5.41, 5.74) is 0.573. The molecule has 6 heteroatoms. The number of nitrogens with zero attached hydrogens (tertiary/aromatic N) is 1. The molecule has 1 amide bonds. The van der Waals surface area contributed by atoms with Gasteiger partial charge in [0.2, 0.25) is 0 Å². The van der Waals surface area contributed by atoms with E-state index in [0.29, 0.717) is 23.4 Å². The SMILES string of the molecule is Cn1c(C(=O)Nc2cccc3c2OC(C)(C)CC3O)cccc1=O. The molecule has 6 nitrogen and oxygen atoms in total. The van der Waals surface area contributed by atoms with E-state index in [2.05, 4.69) is 5.32 Å². The Morgan fingerprint density at radius 3 is 2.75 bits per heavy atom. The summed E-state index contributed by atoms with van der Waals surface area (Å²) in [6.07, 6.45) is -0.174. The fourth-order valence-corrected chi connectivity index (χ4v) is 2.90. The maximum atomic E-state index is 12.5. The van der Waals surface area contributed by atoms with E-state index < -0.39 is 17.6 Å². The van der Waals surface area contributed by atoms with Crippen LogP contribution in [-0.4, -0.2) is 21.2 Å². The number of rotatable bonds is 2. The molecule has 3 rings (SSSR count). The molecule has 0 saturated carbocycles. The van der Waals surface area contributed by atoms with Crippen molar-refractivity contribution in [3.05, 3.63) is 58.0 Å². The summed E-state index contributed by atoms with van der Waals surface area (Å²) in [6, 6.07) is 9.76. The van der Waals surface area contributed by atoms with E-state index in [9.17, 15) is 14.7 Å². The predicted octanol–water partition coefficient (Wildman–Crippen LogP) is 2.23. The number of carbonyl (C=O) groups is 1. The molecule has 1 aromatic heterocycles. The minimum absolute atomic E-state index is 0.246. The number of aliphatic hydroxyl groups is 1. The summed E-state index contributed by atoms with van der Waals surface area (Å²) in [7, 11) is 1.54. The van der Waals surface area contributed by atoms with Gasteiger partial charge in [-0.2, -0.15) is 0 Å². The summed E-state index contributed by atoms with van der Waals surface area (Å²) in [6.45, 7) is 3.78. The Hall–Kier alpha value is -2.60. The minimum Gasteiger partial charge on any atom is -0.485 e. The fourth-order valence-electron chi connectivity index (χ4n) is 2.90. The van der Waals surface area contributed by atoms with Gasteiger partial charge in [-0.15, -0.1) is 0 Å². The Morgan fingerprint density at radius 2 is 2.00 bits per heavy atom. The molecule has 1 aromatic carbocycles. The average molecular weight is 328 g/mol. The summed E-state index contributed by atoms with van der Waals surface area (Å²) < 4.78 is 7.25. The summed E-state index contributed by atoms with van der Waals surface area (Å²) in [5.74, 6) is 0.0561. The summed E-state index contributed by atoms with van der Waals surface area (Å²) in [4.78, 5) is 24.2. The van der Waals surface area contributed by atoms with Crippen LogP contribution in [0.25, 0.3) is 0 Å². The lowest BCUT2D eigenvalue weighted by atomic mass is 9.91. The zero-order chi connectivity index (χ0) is 17.5. The van der Waals surface area contributed by atoms with Crippen LogP contribution in [0.5, 0.6) is 5.75 Å². The Kier molecular flexibility index (Phi) is 3.93. The molecule has 2 aromatic rings. The van der Waals surface area contributed by atoms with Crippen LogP contribution < -0.4 is 15.6 Å². The summed E-state index contributed by atoms with van der Waals surface area (Å²) >= 11 is 0. The number of ether oxygens (including phenoxy) is 1. The van der Waals surface area contributed by atoms with Gasteiger partial charge in [0.1, 0.15) is 17.0 Å². The van der Waals surface area contributed by atoms with Gasteiger partial charge < -0.3 is 19.7 Å². The lowest BCUT2D eigenvalue weighted by Gasteiger charge is -2.36. The largest absolute Gasteiger partial charge is 0.485 e. The van der Waals surface area contributed by atoms with Crippen molar-refractivity contribution in [1.82, 2.24) is 4.57 Å². The molecule has 1 aliphatic rings. The van der Waals surface area contributed by atoms with Crippen LogP contribution in [0, 0.1) is 0 Å². The van der Waals surface area contributed by atoms with Gasteiger partial charge in [0.25, 0.3) is 11.5 Å². The number of amides is 1. The molecule has 0 spiro atoms. The number of aliphatic hydroxyl groups excluding tert-OH is 1. The molecule has 0 radical (unpaired) electrons. The zero-order valence-corrected chi connectivity index (χ0v) is 13.9. The Balaban J connectivity index is 1.97. The number of para-hydroxylation sites is 1. The highest BCUT2D eigenvalue weighted by Gasteiger charge is 2.34. The van der Waals surface area contributed by atoms with Crippen LogP contribution >= 0.6 is 0 Å². The normalized spacial score (nSPS) is 18.4. The van der Waals surface area contributed by atoms with Crippen LogP contribution in [0.3, 0.4) is 0 Å². The second-order valence-electron chi connectivity index (χ2n) is 6.57. The number of pyridine rings is 1. The number of hydrogen-bond acceptors (Lipinski definition) is 4. The monoisotopic (exact) mass is 328 g/mol. The quantitative estimate of drug-likeness (QED) is 0.886. The second-order valence-corrected chi connectivity index (χ2v) is 6.57. The summed E-state index contributed by atoms with van der Waals surface area (Å²) in [5, 5.41) is 13.1. The first-order valence-electron chi connectivity index (χ1n) is 7.76. The molecule has 2 N–H and O–H groups in total. The molecule has 2 heterocycles. The number of benzene rings is 1. The van der Waals surface area contributed by atoms with Gasteiger partial charge in [-0.1, -0.05) is 18.2 Å². The maximum absolute atomic E-state index is 12.5. The highest BCUT2D eigenvalue weighted by Crippen LogP contribution is 2.43. The molecule has 1 aliphatic heterocycles. The number of aromatic nitrogens is 1. The van der Waals surface area contributed by atoms with E-state index in [0.717, 1.165) is 0 Å². The van der Waals surface area contributed by atoms with Gasteiger partial charge >= 0.3 is 0 Å². The topological polar surface area (TPSA) is 80.6 Å². The van der Waals surface area contributed by atoms with Crippen molar-refractivity contribution >= 4 is 11.6 Å². The standard InChI is InChI=1S/C18H20N2O4/c1-18(2)10-14(21)11-6-4-7-12(16(11)24-18)19-17(23)13-8-5-9-15(22)20(13)3/h4-9,14,21H,10H2,1-3H3,(H,19,23). The van der Waals surface area contributed by atoms with Crippen LogP contribution in [0.1, 0.15) is 42.4 Å². The van der Waals surface area contributed by atoms with Crippen LogP contribution in [0.4, 0.5) is 5.69 Å². The highest BCUT2D eigenvalue weighted by atomic mass is 16.5. The first-order chi connectivity index (χ1) is 11.3. The number of nitrogens with one attached hydrogen (secondary N) is 1. The van der Waals surface area contributed by atoms with Crippen molar-refractivity contribution in [3.63, 3.8) is 0 Å². The van der Waals surface area contributed by atoms with Crippen molar-refractivity contribution in [1.29, 1.82) is 0 Å². The van der Waals surface area contributed by atoms with E-state index in [1.54, 1.807) is 37.4 Å². The van der Waals surface area contributed by atoms with Gasteiger partial charge in [0, 0.05) is 25.1 Å². The molecular formula is C18H20N2O4. The zero-order valence-electron chi connectivity index (χ0n) is 13.9. The number of carbonyl (C=O) groups excluding carboxylic acids is 1. The molecule has 0 saturated heterocycles. The molecule has 1 atom stereocenters. The third-order valence-electron chi connectivity index (χ3n) is 4.13.